The molecule has 1 aromatic heterocycles. The fraction of sp³-hybridized carbons (Fsp3) is 0.400. The van der Waals surface area contributed by atoms with Crippen LogP contribution >= 0.6 is 22.9 Å². The van der Waals surface area contributed by atoms with Gasteiger partial charge < -0.3 is 15.2 Å². The van der Waals surface area contributed by atoms with Crippen LogP contribution < -0.4 is 15.4 Å². The summed E-state index contributed by atoms with van der Waals surface area (Å²) in [7, 11) is -0.158. The van der Waals surface area contributed by atoms with E-state index in [2.05, 4.69) is 4.99 Å². The fourth-order valence-corrected chi connectivity index (χ4v) is 7.31. The molecule has 1 aliphatic rings. The summed E-state index contributed by atoms with van der Waals surface area (Å²) in [4.78, 5) is 32.3. The average Bonchev–Trinajstić information content (AvgIpc) is 3.16. The summed E-state index contributed by atoms with van der Waals surface area (Å²) in [5.74, 6) is -0.852. The summed E-state index contributed by atoms with van der Waals surface area (Å²) in [5, 5.41) is 3.00. The van der Waals surface area contributed by atoms with Gasteiger partial charge in [0.1, 0.15) is 5.00 Å². The Morgan fingerprint density at radius 2 is 1.89 bits per heavy atom. The molecular weight excluding hydrogens is 520 g/mol. The number of ketones is 1. The molecule has 11 heteroatoms. The molecule has 4 rings (SSSR count). The predicted molar refractivity (Wildman–Crippen MR) is 143 cm³/mol. The summed E-state index contributed by atoms with van der Waals surface area (Å²) >= 11 is 7.44. The number of Topliss-reactive ketones (excluding diaryl/α,β-unsaturated/α-hetero) is 1. The van der Waals surface area contributed by atoms with Crippen LogP contribution in [0.2, 0.25) is 5.02 Å². The second kappa shape index (κ2) is 10.7. The topological polar surface area (TPSA) is 115 Å². The molecule has 0 spiro atoms. The summed E-state index contributed by atoms with van der Waals surface area (Å²) in [6.45, 7) is 0.645. The Morgan fingerprint density at radius 3 is 2.61 bits per heavy atom. The van der Waals surface area contributed by atoms with Gasteiger partial charge in [0.25, 0.3) is 0 Å². The highest BCUT2D eigenvalue weighted by molar-refractivity contribution is 7.91. The molecule has 1 aliphatic heterocycles. The van der Waals surface area contributed by atoms with Crippen LogP contribution in [0, 0.1) is 0 Å². The number of benzene rings is 2. The van der Waals surface area contributed by atoms with E-state index in [1.807, 2.05) is 16.5 Å². The van der Waals surface area contributed by atoms with Crippen molar-refractivity contribution >= 4 is 60.2 Å². The third kappa shape index (κ3) is 5.50. The van der Waals surface area contributed by atoms with Crippen LogP contribution in [0.1, 0.15) is 31.4 Å². The Hall–Kier alpha value is -2.69. The highest BCUT2D eigenvalue weighted by atomic mass is 35.5. The monoisotopic (exact) mass is 548 g/mol. The molecule has 192 valence electrons. The number of carbonyl (C=O) groups excluding carboxylic acids is 2. The van der Waals surface area contributed by atoms with E-state index in [0.717, 1.165) is 39.1 Å². The zero-order valence-corrected chi connectivity index (χ0v) is 22.6. The summed E-state index contributed by atoms with van der Waals surface area (Å²) in [6.07, 6.45) is 2.36. The predicted octanol–water partition coefficient (Wildman–Crippen LogP) is 3.24. The number of carbonyl (C=O) groups is 2. The standard InChI is InChI=1S/C25H29ClN4O4S2/c1-28-25-29(2)21(15-23(27)32)24(35-25)30-11-4-3-5-20(30)22(31)10-12-36(33,34)19-9-7-16-13-18(26)8-6-17(16)14-19/h6-9,13-14,20H,3-5,10-12,15H2,1-2H3,(H2,27,32). The molecular formula is C25H29ClN4O4S2. The van der Waals surface area contributed by atoms with Crippen molar-refractivity contribution in [1.82, 2.24) is 4.57 Å². The van der Waals surface area contributed by atoms with Gasteiger partial charge in [0.15, 0.2) is 20.4 Å². The molecule has 36 heavy (non-hydrogen) atoms. The van der Waals surface area contributed by atoms with Crippen LogP contribution in [0.5, 0.6) is 0 Å². The number of thiazole rings is 1. The van der Waals surface area contributed by atoms with E-state index in [4.69, 9.17) is 17.3 Å². The van der Waals surface area contributed by atoms with E-state index < -0.39 is 21.8 Å². The first-order valence-electron chi connectivity index (χ1n) is 11.7. The molecule has 8 nitrogen and oxygen atoms in total. The van der Waals surface area contributed by atoms with Crippen molar-refractivity contribution in [1.29, 1.82) is 0 Å². The number of primary amides is 1. The average molecular weight is 549 g/mol. The third-order valence-electron chi connectivity index (χ3n) is 6.54. The highest BCUT2D eigenvalue weighted by Gasteiger charge is 2.33. The molecule has 1 unspecified atom stereocenters. The number of rotatable bonds is 8. The minimum Gasteiger partial charge on any atom is -0.369 e. The summed E-state index contributed by atoms with van der Waals surface area (Å²) in [5.41, 5.74) is 6.21. The molecule has 3 aromatic rings. The van der Waals surface area contributed by atoms with Gasteiger partial charge in [0, 0.05) is 32.1 Å². The number of amides is 1. The van der Waals surface area contributed by atoms with Crippen LogP contribution in [-0.2, 0) is 32.9 Å². The molecule has 0 bridgehead atoms. The molecule has 2 aromatic carbocycles. The first kappa shape index (κ1) is 26.4. The minimum absolute atomic E-state index is 0.0385. The van der Waals surface area contributed by atoms with E-state index in [9.17, 15) is 18.0 Å². The van der Waals surface area contributed by atoms with Gasteiger partial charge in [0.2, 0.25) is 5.91 Å². The Kier molecular flexibility index (Phi) is 7.87. The molecule has 1 atom stereocenters. The lowest BCUT2D eigenvalue weighted by Crippen LogP contribution is -2.45. The van der Waals surface area contributed by atoms with E-state index in [-0.39, 0.29) is 29.3 Å². The first-order valence-corrected chi connectivity index (χ1v) is 14.6. The lowest BCUT2D eigenvalue weighted by Gasteiger charge is -2.36. The third-order valence-corrected chi connectivity index (χ3v) is 9.80. The summed E-state index contributed by atoms with van der Waals surface area (Å²) < 4.78 is 28.0. The van der Waals surface area contributed by atoms with Crippen LogP contribution in [0.15, 0.2) is 46.3 Å². The zero-order chi connectivity index (χ0) is 26.0. The zero-order valence-electron chi connectivity index (χ0n) is 20.2. The number of piperidine rings is 1. The Labute approximate surface area is 219 Å². The van der Waals surface area contributed by atoms with Gasteiger partial charge in [-0.3, -0.25) is 14.6 Å². The quantitative estimate of drug-likeness (QED) is 0.464. The summed E-state index contributed by atoms with van der Waals surface area (Å²) in [6, 6.07) is 9.73. The molecule has 2 heterocycles. The lowest BCUT2D eigenvalue weighted by atomic mass is 9.97. The number of hydrogen-bond acceptors (Lipinski definition) is 7. The maximum absolute atomic E-state index is 13.4. The number of fused-ring (bicyclic) bond motifs is 1. The van der Waals surface area contributed by atoms with Crippen molar-refractivity contribution in [3.8, 4) is 0 Å². The van der Waals surface area contributed by atoms with Gasteiger partial charge >= 0.3 is 0 Å². The van der Waals surface area contributed by atoms with Crippen LogP contribution in [0.3, 0.4) is 0 Å². The van der Waals surface area contributed by atoms with E-state index in [0.29, 0.717) is 18.0 Å². The first-order chi connectivity index (χ1) is 17.1. The van der Waals surface area contributed by atoms with Crippen molar-refractivity contribution < 1.29 is 18.0 Å². The number of halogens is 1. The van der Waals surface area contributed by atoms with Crippen molar-refractivity contribution in [2.75, 3.05) is 24.2 Å². The van der Waals surface area contributed by atoms with Gasteiger partial charge in [-0.05, 0) is 54.3 Å². The number of aromatic nitrogens is 1. The van der Waals surface area contributed by atoms with Gasteiger partial charge in [0.05, 0.1) is 28.8 Å². The van der Waals surface area contributed by atoms with Crippen molar-refractivity contribution in [2.24, 2.45) is 17.8 Å². The molecule has 1 amide bonds. The fourth-order valence-electron chi connectivity index (χ4n) is 4.67. The second-order valence-corrected chi connectivity index (χ2v) is 12.5. The Morgan fingerprint density at radius 1 is 1.17 bits per heavy atom. The molecule has 1 fully saturated rings. The van der Waals surface area contributed by atoms with Crippen molar-refractivity contribution in [2.45, 2.75) is 43.0 Å². The van der Waals surface area contributed by atoms with Crippen molar-refractivity contribution in [3.05, 3.63) is 51.9 Å². The largest absolute Gasteiger partial charge is 0.369 e. The molecule has 0 aliphatic carbocycles. The molecule has 0 saturated carbocycles. The van der Waals surface area contributed by atoms with Crippen LogP contribution in [0.4, 0.5) is 5.00 Å². The smallest absolute Gasteiger partial charge is 0.223 e. The number of hydrogen-bond donors (Lipinski definition) is 1. The Bertz CT molecular complexity index is 1490. The number of anilines is 1. The van der Waals surface area contributed by atoms with E-state index in [1.54, 1.807) is 43.4 Å². The highest BCUT2D eigenvalue weighted by Crippen LogP contribution is 2.32. The maximum Gasteiger partial charge on any atom is 0.223 e. The van der Waals surface area contributed by atoms with Gasteiger partial charge in [-0.2, -0.15) is 0 Å². The van der Waals surface area contributed by atoms with Gasteiger partial charge in [-0.1, -0.05) is 35.1 Å². The van der Waals surface area contributed by atoms with Crippen LogP contribution in [0.25, 0.3) is 10.8 Å². The van der Waals surface area contributed by atoms with Crippen molar-refractivity contribution in [3.63, 3.8) is 0 Å². The maximum atomic E-state index is 13.4. The Balaban J connectivity index is 1.56. The second-order valence-electron chi connectivity index (χ2n) is 8.96. The SMILES string of the molecule is CN=c1sc(N2CCCCC2C(=O)CCS(=O)(=O)c2ccc3cc(Cl)ccc3c2)c(CC(N)=O)n1C. The number of nitrogens with two attached hydrogens (primary N) is 1. The molecule has 0 radical (unpaired) electrons. The lowest BCUT2D eigenvalue weighted by molar-refractivity contribution is -0.120. The normalized spacial score (nSPS) is 17.0. The molecule has 1 saturated heterocycles. The number of nitrogens with zero attached hydrogens (tertiary/aromatic N) is 3. The van der Waals surface area contributed by atoms with E-state index in [1.165, 1.54) is 11.3 Å². The number of sulfone groups is 1. The van der Waals surface area contributed by atoms with Gasteiger partial charge in [-0.25, -0.2) is 8.42 Å². The molecule has 2 N–H and O–H groups in total. The minimum atomic E-state index is -3.66. The van der Waals surface area contributed by atoms with E-state index >= 15 is 0 Å². The van der Waals surface area contributed by atoms with Crippen LogP contribution in [-0.4, -0.2) is 50.1 Å². The van der Waals surface area contributed by atoms with Gasteiger partial charge in [-0.15, -0.1) is 0 Å².